The van der Waals surface area contributed by atoms with Crippen LogP contribution in [0.25, 0.3) is 0 Å². The molecule has 1 aliphatic carbocycles. The predicted octanol–water partition coefficient (Wildman–Crippen LogP) is 2.00. The van der Waals surface area contributed by atoms with Gasteiger partial charge in [0.15, 0.2) is 5.75 Å². The highest BCUT2D eigenvalue weighted by Crippen LogP contribution is 2.37. The molecule has 2 rings (SSSR count). The number of carbonyl (C=O) groups is 1. The molecule has 1 aromatic heterocycles. The Balaban J connectivity index is 2.48. The Morgan fingerprint density at radius 3 is 2.61 bits per heavy atom. The molecule has 1 saturated carbocycles. The van der Waals surface area contributed by atoms with Gasteiger partial charge in [-0.25, -0.2) is 0 Å². The molecule has 0 spiro atoms. The van der Waals surface area contributed by atoms with E-state index in [9.17, 15) is 18.0 Å². The molecule has 1 aliphatic rings. The summed E-state index contributed by atoms with van der Waals surface area (Å²) in [7, 11) is 1.27. The van der Waals surface area contributed by atoms with Crippen LogP contribution < -0.4 is 10.1 Å². The Morgan fingerprint density at radius 2 is 2.11 bits per heavy atom. The van der Waals surface area contributed by atoms with Crippen molar-refractivity contribution in [3.05, 3.63) is 23.5 Å². The summed E-state index contributed by atoms with van der Waals surface area (Å²) < 4.78 is 43.7. The van der Waals surface area contributed by atoms with Gasteiger partial charge in [0, 0.05) is 13.2 Å². The van der Waals surface area contributed by atoms with Crippen LogP contribution in [0, 0.1) is 0 Å². The monoisotopic (exact) mass is 260 g/mol. The Bertz CT molecular complexity index is 470. The van der Waals surface area contributed by atoms with Crippen LogP contribution in [0.1, 0.15) is 28.8 Å². The molecule has 0 saturated heterocycles. The fourth-order valence-corrected chi connectivity index (χ4v) is 1.47. The zero-order valence-corrected chi connectivity index (χ0v) is 9.54. The lowest BCUT2D eigenvalue weighted by Crippen LogP contribution is -2.24. The number of alkyl halides is 3. The van der Waals surface area contributed by atoms with E-state index in [0.717, 1.165) is 19.0 Å². The largest absolute Gasteiger partial charge is 0.488 e. The number of carbonyl (C=O) groups excluding carboxylic acids is 1. The first kappa shape index (κ1) is 12.7. The molecule has 98 valence electrons. The van der Waals surface area contributed by atoms with Gasteiger partial charge in [-0.3, -0.25) is 9.78 Å². The van der Waals surface area contributed by atoms with Crippen molar-refractivity contribution >= 4 is 5.91 Å². The van der Waals surface area contributed by atoms with E-state index in [1.807, 2.05) is 0 Å². The van der Waals surface area contributed by atoms with E-state index in [2.05, 4.69) is 10.3 Å². The van der Waals surface area contributed by atoms with E-state index in [1.165, 1.54) is 7.05 Å². The van der Waals surface area contributed by atoms with Crippen molar-refractivity contribution in [2.24, 2.45) is 0 Å². The first-order valence-corrected chi connectivity index (χ1v) is 5.37. The van der Waals surface area contributed by atoms with Gasteiger partial charge >= 0.3 is 6.18 Å². The highest BCUT2D eigenvalue weighted by atomic mass is 19.4. The molecule has 0 aromatic carbocycles. The number of hydrogen-bond acceptors (Lipinski definition) is 3. The number of nitrogens with zero attached hydrogens (tertiary/aromatic N) is 1. The number of halogens is 3. The summed E-state index contributed by atoms with van der Waals surface area (Å²) in [6.45, 7) is 0. The molecular weight excluding hydrogens is 249 g/mol. The molecule has 1 heterocycles. The van der Waals surface area contributed by atoms with Gasteiger partial charge in [-0.2, -0.15) is 13.2 Å². The van der Waals surface area contributed by atoms with Crippen molar-refractivity contribution in [1.29, 1.82) is 0 Å². The molecule has 0 aliphatic heterocycles. The zero-order chi connectivity index (χ0) is 13.3. The quantitative estimate of drug-likeness (QED) is 0.904. The van der Waals surface area contributed by atoms with Crippen molar-refractivity contribution in [2.45, 2.75) is 25.1 Å². The highest BCUT2D eigenvalue weighted by Gasteiger charge is 2.38. The van der Waals surface area contributed by atoms with Crippen LogP contribution >= 0.6 is 0 Å². The molecule has 7 heteroatoms. The summed E-state index contributed by atoms with van der Waals surface area (Å²) in [5.41, 5.74) is -1.59. The Kier molecular flexibility index (Phi) is 3.14. The molecule has 4 nitrogen and oxygen atoms in total. The van der Waals surface area contributed by atoms with E-state index in [-0.39, 0.29) is 11.9 Å². The van der Waals surface area contributed by atoms with Crippen LogP contribution in [0.3, 0.4) is 0 Å². The second-order valence-electron chi connectivity index (χ2n) is 3.95. The third-order valence-electron chi connectivity index (χ3n) is 2.49. The molecule has 1 aromatic rings. The average molecular weight is 260 g/mol. The number of aromatic nitrogens is 1. The molecule has 0 atom stereocenters. The standard InChI is InChI=1S/C11H11F3N2O2/c1-15-10(17)9-7(11(12,13)14)4-16-5-8(9)18-6-2-3-6/h4-6H,2-3H2,1H3,(H,15,17). The topological polar surface area (TPSA) is 51.2 Å². The first-order chi connectivity index (χ1) is 8.43. The van der Waals surface area contributed by atoms with E-state index in [4.69, 9.17) is 4.74 Å². The number of nitrogens with one attached hydrogen (secondary N) is 1. The number of amides is 1. The van der Waals surface area contributed by atoms with E-state index in [0.29, 0.717) is 6.20 Å². The first-order valence-electron chi connectivity index (χ1n) is 5.37. The van der Waals surface area contributed by atoms with E-state index >= 15 is 0 Å². The van der Waals surface area contributed by atoms with Crippen molar-refractivity contribution < 1.29 is 22.7 Å². The summed E-state index contributed by atoms with van der Waals surface area (Å²) in [6.07, 6.45) is -1.42. The lowest BCUT2D eigenvalue weighted by Gasteiger charge is -2.15. The van der Waals surface area contributed by atoms with Gasteiger partial charge in [-0.05, 0) is 12.8 Å². The van der Waals surface area contributed by atoms with Crippen LogP contribution in [-0.4, -0.2) is 24.0 Å². The maximum atomic E-state index is 12.8. The van der Waals surface area contributed by atoms with Crippen LogP contribution in [0.4, 0.5) is 13.2 Å². The lowest BCUT2D eigenvalue weighted by molar-refractivity contribution is -0.138. The molecule has 0 radical (unpaired) electrons. The summed E-state index contributed by atoms with van der Waals surface area (Å²) in [5, 5.41) is 2.18. The normalized spacial score (nSPS) is 15.3. The fraction of sp³-hybridized carbons (Fsp3) is 0.455. The van der Waals surface area contributed by atoms with Gasteiger partial charge < -0.3 is 10.1 Å². The number of hydrogen-bond donors (Lipinski definition) is 1. The third-order valence-corrected chi connectivity index (χ3v) is 2.49. The Hall–Kier alpha value is -1.79. The van der Waals surface area contributed by atoms with Crippen LogP contribution in [-0.2, 0) is 6.18 Å². The van der Waals surface area contributed by atoms with Gasteiger partial charge in [0.2, 0.25) is 0 Å². The molecule has 1 amide bonds. The lowest BCUT2D eigenvalue weighted by atomic mass is 10.1. The van der Waals surface area contributed by atoms with Crippen molar-refractivity contribution in [1.82, 2.24) is 10.3 Å². The van der Waals surface area contributed by atoms with Crippen LogP contribution in [0.5, 0.6) is 5.75 Å². The summed E-state index contributed by atoms with van der Waals surface area (Å²) in [6, 6.07) is 0. The molecule has 1 fully saturated rings. The molecule has 18 heavy (non-hydrogen) atoms. The van der Waals surface area contributed by atoms with Gasteiger partial charge in [0.25, 0.3) is 5.91 Å². The smallest absolute Gasteiger partial charge is 0.418 e. The maximum absolute atomic E-state index is 12.8. The van der Waals surface area contributed by atoms with Gasteiger partial charge in [-0.1, -0.05) is 0 Å². The fourth-order valence-electron chi connectivity index (χ4n) is 1.47. The third kappa shape index (κ3) is 2.55. The Morgan fingerprint density at radius 1 is 1.44 bits per heavy atom. The molecule has 1 N–H and O–H groups in total. The van der Waals surface area contributed by atoms with E-state index < -0.39 is 23.2 Å². The number of rotatable bonds is 3. The summed E-state index contributed by atoms with van der Waals surface area (Å²) in [4.78, 5) is 15.1. The predicted molar refractivity (Wildman–Crippen MR) is 56.3 cm³/mol. The average Bonchev–Trinajstić information content (AvgIpc) is 3.10. The number of pyridine rings is 1. The highest BCUT2D eigenvalue weighted by molar-refractivity contribution is 5.98. The Labute approximate surface area is 101 Å². The minimum absolute atomic E-state index is 0.112. The minimum atomic E-state index is -4.64. The van der Waals surface area contributed by atoms with Gasteiger partial charge in [0.1, 0.15) is 0 Å². The molecule has 0 unspecified atom stereocenters. The second-order valence-corrected chi connectivity index (χ2v) is 3.95. The van der Waals surface area contributed by atoms with Gasteiger partial charge in [-0.15, -0.1) is 0 Å². The summed E-state index contributed by atoms with van der Waals surface area (Å²) >= 11 is 0. The van der Waals surface area contributed by atoms with Crippen LogP contribution in [0.15, 0.2) is 12.4 Å². The minimum Gasteiger partial charge on any atom is -0.488 e. The van der Waals surface area contributed by atoms with E-state index in [1.54, 1.807) is 0 Å². The summed E-state index contributed by atoms with van der Waals surface area (Å²) in [5.74, 6) is -0.952. The number of ether oxygens (including phenoxy) is 1. The van der Waals surface area contributed by atoms with Crippen LogP contribution in [0.2, 0.25) is 0 Å². The molecular formula is C11H11F3N2O2. The zero-order valence-electron chi connectivity index (χ0n) is 9.54. The van der Waals surface area contributed by atoms with Gasteiger partial charge in [0.05, 0.1) is 23.4 Å². The van der Waals surface area contributed by atoms with Crippen molar-refractivity contribution in [3.8, 4) is 5.75 Å². The maximum Gasteiger partial charge on any atom is 0.418 e. The second kappa shape index (κ2) is 4.47. The van der Waals surface area contributed by atoms with Crippen molar-refractivity contribution in [2.75, 3.05) is 7.05 Å². The van der Waals surface area contributed by atoms with Crippen molar-refractivity contribution in [3.63, 3.8) is 0 Å². The SMILES string of the molecule is CNC(=O)c1c(OC2CC2)cncc1C(F)(F)F. The molecule has 0 bridgehead atoms.